The van der Waals surface area contributed by atoms with Gasteiger partial charge in [0, 0.05) is 42.0 Å². The van der Waals surface area contributed by atoms with Crippen molar-refractivity contribution in [3.05, 3.63) is 106 Å². The maximum Gasteiger partial charge on any atom is 0.269 e. The fourth-order valence-corrected chi connectivity index (χ4v) is 11.5. The van der Waals surface area contributed by atoms with E-state index in [1.807, 2.05) is 55.6 Å². The number of aryl methyl sites for hydroxylation is 1. The summed E-state index contributed by atoms with van der Waals surface area (Å²) in [6.07, 6.45) is 2.04. The lowest BCUT2D eigenvalue weighted by Crippen LogP contribution is -2.51. The molecule has 1 fully saturated rings. The zero-order valence-electron chi connectivity index (χ0n) is 25.7. The van der Waals surface area contributed by atoms with Gasteiger partial charge in [-0.2, -0.15) is 0 Å². The monoisotopic (exact) mass is 627 g/mol. The van der Waals surface area contributed by atoms with Crippen molar-refractivity contribution in [3.8, 4) is 5.75 Å². The first-order valence-electron chi connectivity index (χ1n) is 15.1. The lowest BCUT2D eigenvalue weighted by Gasteiger charge is -2.37. The summed E-state index contributed by atoms with van der Waals surface area (Å²) < 4.78 is 14.1. The van der Waals surface area contributed by atoms with Gasteiger partial charge in [0.1, 0.15) is 5.75 Å². The third-order valence-electron chi connectivity index (χ3n) is 9.73. The van der Waals surface area contributed by atoms with Gasteiger partial charge in [0.25, 0.3) is 11.6 Å². The smallest absolute Gasteiger partial charge is 0.269 e. The Labute approximate surface area is 262 Å². The van der Waals surface area contributed by atoms with Crippen LogP contribution in [0.2, 0.25) is 18.6 Å². The van der Waals surface area contributed by atoms with Crippen LogP contribution in [0.25, 0.3) is 0 Å². The highest BCUT2D eigenvalue weighted by Crippen LogP contribution is 2.59. The number of nitrogens with zero attached hydrogens (tertiary/aromatic N) is 4. The number of anilines is 1. The minimum absolute atomic E-state index is 0.0284. The number of carbonyl (C=O) groups excluding carboxylic acids is 1. The van der Waals surface area contributed by atoms with Gasteiger partial charge in [0.15, 0.2) is 5.60 Å². The van der Waals surface area contributed by atoms with Crippen molar-refractivity contribution in [2.75, 3.05) is 19.0 Å². The predicted molar refractivity (Wildman–Crippen MR) is 171 cm³/mol. The molecule has 1 spiro atoms. The van der Waals surface area contributed by atoms with Gasteiger partial charge in [0.2, 0.25) is 0 Å². The van der Waals surface area contributed by atoms with Crippen LogP contribution in [0, 0.1) is 16.0 Å². The first kappa shape index (κ1) is 30.6. The minimum atomic E-state index is -2.36. The summed E-state index contributed by atoms with van der Waals surface area (Å²) in [5, 5.41) is 34.8. The average Bonchev–Trinajstić information content (AvgIpc) is 3.71. The molecule has 3 aromatic carbocycles. The third-order valence-corrected chi connectivity index (χ3v) is 14.1. The molecular weight excluding hydrogens is 590 g/mol. The number of rotatable bonds is 10. The Kier molecular flexibility index (Phi) is 8.06. The fraction of sp³-hybridized carbons (Fsp3) is 0.364. The van der Waals surface area contributed by atoms with Crippen LogP contribution in [-0.2, 0) is 21.7 Å². The minimum Gasteiger partial charge on any atom is -0.497 e. The molecule has 1 saturated heterocycles. The highest BCUT2D eigenvalue weighted by Gasteiger charge is 2.64. The highest BCUT2D eigenvalue weighted by molar-refractivity contribution is 6.91. The quantitative estimate of drug-likeness (QED) is 0.148. The lowest BCUT2D eigenvalue weighted by molar-refractivity contribution is -0.385. The van der Waals surface area contributed by atoms with Crippen molar-refractivity contribution < 1.29 is 24.3 Å². The van der Waals surface area contributed by atoms with Gasteiger partial charge in [-0.25, -0.2) is 0 Å². The van der Waals surface area contributed by atoms with E-state index in [9.17, 15) is 20.0 Å². The number of nitro groups is 1. The number of carbonyl (C=O) groups is 1. The van der Waals surface area contributed by atoms with E-state index in [0.29, 0.717) is 29.9 Å². The Bertz CT molecular complexity index is 1710. The number of methoxy groups -OCH3 is 1. The zero-order valence-corrected chi connectivity index (χ0v) is 26.7. The molecule has 234 valence electrons. The topological polar surface area (TPSA) is 142 Å². The Morgan fingerprint density at radius 3 is 2.56 bits per heavy atom. The second-order valence-electron chi connectivity index (χ2n) is 12.4. The number of aromatic nitrogens is 3. The summed E-state index contributed by atoms with van der Waals surface area (Å²) in [5.41, 5.74) is 1.20. The molecule has 5 atom stereocenters. The van der Waals surface area contributed by atoms with E-state index in [0.717, 1.165) is 11.3 Å². The molecule has 2 aliphatic heterocycles. The second kappa shape index (κ2) is 11.8. The number of nitro benzene ring substituents is 1. The van der Waals surface area contributed by atoms with Gasteiger partial charge in [-0.15, -0.1) is 5.10 Å². The number of benzene rings is 3. The second-order valence-corrected chi connectivity index (χ2v) is 17.1. The molecule has 6 rings (SSSR count). The summed E-state index contributed by atoms with van der Waals surface area (Å²) in [6.45, 7) is 6.98. The first-order chi connectivity index (χ1) is 21.6. The number of aliphatic hydroxyl groups excluding tert-OH is 1. The normalized spacial score (nSPS) is 23.1. The van der Waals surface area contributed by atoms with E-state index in [4.69, 9.17) is 9.47 Å². The first-order valence-corrected chi connectivity index (χ1v) is 18.2. The van der Waals surface area contributed by atoms with E-state index >= 15 is 0 Å². The van der Waals surface area contributed by atoms with Crippen molar-refractivity contribution in [1.82, 2.24) is 15.0 Å². The van der Waals surface area contributed by atoms with E-state index in [1.54, 1.807) is 17.9 Å². The van der Waals surface area contributed by atoms with Crippen molar-refractivity contribution in [2.24, 2.45) is 5.92 Å². The van der Waals surface area contributed by atoms with Crippen LogP contribution >= 0.6 is 0 Å². The van der Waals surface area contributed by atoms with Gasteiger partial charge in [0.05, 0.1) is 44.4 Å². The maximum absolute atomic E-state index is 13.8. The number of non-ortho nitro benzene ring substituents is 1. The Morgan fingerprint density at radius 2 is 1.89 bits per heavy atom. The number of aliphatic hydroxyl groups is 1. The number of hydrogen-bond acceptors (Lipinski definition) is 8. The Balaban J connectivity index is 1.35. The van der Waals surface area contributed by atoms with Gasteiger partial charge in [-0.3, -0.25) is 19.6 Å². The van der Waals surface area contributed by atoms with E-state index in [-0.39, 0.29) is 41.7 Å². The third kappa shape index (κ3) is 5.22. The number of amides is 1. The fourth-order valence-electron chi connectivity index (χ4n) is 7.40. The Hall–Kier alpha value is -4.39. The lowest BCUT2D eigenvalue weighted by atomic mass is 9.82. The molecule has 45 heavy (non-hydrogen) atoms. The molecule has 0 saturated carbocycles. The van der Waals surface area contributed by atoms with E-state index in [1.165, 1.54) is 17.3 Å². The van der Waals surface area contributed by atoms with Gasteiger partial charge in [-0.1, -0.05) is 72.9 Å². The van der Waals surface area contributed by atoms with Crippen LogP contribution in [-0.4, -0.2) is 58.8 Å². The van der Waals surface area contributed by atoms with Gasteiger partial charge in [-0.05, 0) is 35.7 Å². The average molecular weight is 628 g/mol. The molecule has 1 unspecified atom stereocenters. The molecular formula is C33H37N5O6Si. The molecule has 0 aliphatic carbocycles. The largest absolute Gasteiger partial charge is 0.497 e. The maximum atomic E-state index is 13.8. The zero-order chi connectivity index (χ0) is 31.9. The van der Waals surface area contributed by atoms with Crippen molar-refractivity contribution in [2.45, 2.75) is 56.1 Å². The predicted octanol–water partition coefficient (Wildman–Crippen LogP) is 4.58. The van der Waals surface area contributed by atoms with Crippen LogP contribution < -0.4 is 15.2 Å². The molecule has 0 bridgehead atoms. The molecule has 3 heterocycles. The van der Waals surface area contributed by atoms with Gasteiger partial charge < -0.3 is 19.9 Å². The summed E-state index contributed by atoms with van der Waals surface area (Å²) >= 11 is 0. The van der Waals surface area contributed by atoms with Crippen molar-refractivity contribution in [1.29, 1.82) is 0 Å². The number of ether oxygens (including phenoxy) is 2. The van der Waals surface area contributed by atoms with Crippen LogP contribution in [0.4, 0.5) is 11.4 Å². The van der Waals surface area contributed by atoms with Crippen molar-refractivity contribution in [3.63, 3.8) is 0 Å². The highest BCUT2D eigenvalue weighted by atomic mass is 28.3. The molecule has 11 nitrogen and oxygen atoms in total. The van der Waals surface area contributed by atoms with Crippen LogP contribution in [0.5, 0.6) is 5.75 Å². The molecule has 12 heteroatoms. The molecule has 2 N–H and O–H groups in total. The van der Waals surface area contributed by atoms with E-state index < -0.39 is 18.6 Å². The SMILES string of the molecule is COc1ccc([Si](C)(C)[C@@H]2[C@@H](CCn3cc(C(CO)c4ccccc4)nn3)O[C@]3(C(=O)Nc4ccc([N+](=O)[O-])cc43)[C@H]2C)cc1. The van der Waals surface area contributed by atoms with Crippen LogP contribution in [0.1, 0.15) is 36.1 Å². The van der Waals surface area contributed by atoms with Crippen LogP contribution in [0.15, 0.2) is 79.0 Å². The summed E-state index contributed by atoms with van der Waals surface area (Å²) in [7, 11) is -0.725. The molecule has 4 aromatic rings. The summed E-state index contributed by atoms with van der Waals surface area (Å²) in [5.74, 6) is -0.108. The molecule has 2 aliphatic rings. The molecule has 1 amide bonds. The van der Waals surface area contributed by atoms with Crippen molar-refractivity contribution >= 4 is 30.5 Å². The summed E-state index contributed by atoms with van der Waals surface area (Å²) in [4.78, 5) is 25.1. The summed E-state index contributed by atoms with van der Waals surface area (Å²) in [6, 6.07) is 22.3. The number of hydrogen-bond donors (Lipinski definition) is 2. The number of nitrogens with one attached hydrogen (secondary N) is 1. The standard InChI is InChI=1S/C33H37N5O6Si/c1-21-31(45(3,4)25-13-11-24(43-2)12-14-25)30(44-33(21)27-18-23(38(41)42)10-15-28(27)34-32(33)40)16-17-37-19-29(35-36-37)26(20-39)22-8-6-5-7-9-22/h5-15,18-19,21,26,30-31,39H,16-17,20H2,1-4H3,(H,34,40)/t21-,26?,30+,31-,33+/m0/s1. The van der Waals surface area contributed by atoms with Gasteiger partial charge >= 0.3 is 0 Å². The van der Waals surface area contributed by atoms with Crippen LogP contribution in [0.3, 0.4) is 0 Å². The number of fused-ring (bicyclic) bond motifs is 2. The Morgan fingerprint density at radius 1 is 1.16 bits per heavy atom. The molecule has 1 aromatic heterocycles. The molecule has 0 radical (unpaired) electrons. The van der Waals surface area contributed by atoms with E-state index in [2.05, 4.69) is 40.9 Å².